The number of nitrogens with one attached hydrogen (secondary N) is 1. The Balaban J connectivity index is 1.87. The lowest BCUT2D eigenvalue weighted by Crippen LogP contribution is -2.54. The topological polar surface area (TPSA) is 96.0 Å². The van der Waals surface area contributed by atoms with Gasteiger partial charge in [-0.1, -0.05) is 88.9 Å². The van der Waals surface area contributed by atoms with E-state index < -0.39 is 34.4 Å². The number of halogens is 3. The first kappa shape index (κ1) is 36.1. The molecule has 2 amide bonds. The minimum Gasteiger partial charge on any atom is -0.495 e. The first-order chi connectivity index (χ1) is 22.3. The highest BCUT2D eigenvalue weighted by molar-refractivity contribution is 7.92. The second-order valence-corrected chi connectivity index (χ2v) is 14.4. The number of rotatable bonds is 13. The first-order valence-corrected chi connectivity index (χ1v) is 17.4. The second kappa shape index (κ2) is 15.9. The van der Waals surface area contributed by atoms with Crippen LogP contribution >= 0.6 is 34.8 Å². The molecule has 4 rings (SSSR count). The van der Waals surface area contributed by atoms with E-state index in [2.05, 4.69) is 5.32 Å². The number of benzene rings is 4. The van der Waals surface area contributed by atoms with E-state index in [1.54, 1.807) is 36.4 Å². The Morgan fingerprint density at radius 1 is 0.872 bits per heavy atom. The molecule has 0 fully saturated rings. The summed E-state index contributed by atoms with van der Waals surface area (Å²) in [7, 11) is -2.96. The number of hydrogen-bond acceptors (Lipinski definition) is 5. The predicted octanol–water partition coefficient (Wildman–Crippen LogP) is 7.32. The minimum atomic E-state index is -4.36. The Kier molecular flexibility index (Phi) is 12.2. The predicted molar refractivity (Wildman–Crippen MR) is 188 cm³/mol. The zero-order valence-corrected chi connectivity index (χ0v) is 29.5. The summed E-state index contributed by atoms with van der Waals surface area (Å²) in [6, 6.07) is 23.6. The molecule has 4 aromatic rings. The average molecular weight is 717 g/mol. The number of carbonyl (C=O) groups excluding carboxylic acids is 2. The molecule has 0 aromatic heterocycles. The lowest BCUT2D eigenvalue weighted by Gasteiger charge is -2.34. The van der Waals surface area contributed by atoms with Crippen LogP contribution in [0.2, 0.25) is 15.1 Å². The molecule has 0 saturated heterocycles. The summed E-state index contributed by atoms with van der Waals surface area (Å²) in [5.74, 6) is -0.882. The van der Waals surface area contributed by atoms with Crippen molar-refractivity contribution < 1.29 is 22.7 Å². The summed E-state index contributed by atoms with van der Waals surface area (Å²) in [5, 5.41) is 3.85. The van der Waals surface area contributed by atoms with Crippen molar-refractivity contribution in [2.75, 3.05) is 18.0 Å². The van der Waals surface area contributed by atoms with E-state index >= 15 is 0 Å². The Labute approximate surface area is 291 Å². The normalized spacial score (nSPS) is 12.0. The summed E-state index contributed by atoms with van der Waals surface area (Å²) in [6.07, 6.45) is 0.154. The molecule has 0 radical (unpaired) electrons. The Morgan fingerprint density at radius 2 is 1.51 bits per heavy atom. The fraction of sp³-hybridized carbons (Fsp3) is 0.257. The standard InChI is InChI=1S/C35H36Cl3N3O5S/c1-23(2)39-35(43)32(18-25-8-6-5-7-9-25)40(21-26-12-13-27(36)19-30(26)38)34(42)22-41(31-20-28(37)14-17-33(31)46-4)47(44,45)29-15-10-24(3)11-16-29/h5-17,19-20,23,32H,18,21-22H2,1-4H3,(H,39,43)/t32-/m1/s1. The molecule has 0 saturated carbocycles. The van der Waals surface area contributed by atoms with Gasteiger partial charge in [0.15, 0.2) is 0 Å². The molecule has 0 heterocycles. The summed E-state index contributed by atoms with van der Waals surface area (Å²) < 4.78 is 35.1. The van der Waals surface area contributed by atoms with E-state index in [9.17, 15) is 18.0 Å². The Morgan fingerprint density at radius 3 is 2.13 bits per heavy atom. The summed E-state index contributed by atoms with van der Waals surface area (Å²) >= 11 is 19.1. The summed E-state index contributed by atoms with van der Waals surface area (Å²) in [6.45, 7) is 4.69. The number of methoxy groups -OCH3 is 1. The third kappa shape index (κ3) is 9.20. The Hall–Kier alpha value is -3.76. The number of anilines is 1. The molecule has 12 heteroatoms. The van der Waals surface area contributed by atoms with Crippen molar-refractivity contribution >= 4 is 62.3 Å². The van der Waals surface area contributed by atoms with Crippen LogP contribution in [-0.4, -0.2) is 50.9 Å². The average Bonchev–Trinajstić information content (AvgIpc) is 3.02. The van der Waals surface area contributed by atoms with Gasteiger partial charge in [0, 0.05) is 34.1 Å². The number of hydrogen-bond donors (Lipinski definition) is 1. The molecule has 0 aliphatic rings. The van der Waals surface area contributed by atoms with Crippen LogP contribution in [0.15, 0.2) is 95.9 Å². The van der Waals surface area contributed by atoms with Crippen molar-refractivity contribution in [3.05, 3.63) is 123 Å². The SMILES string of the molecule is COc1ccc(Cl)cc1N(CC(=O)N(Cc1ccc(Cl)cc1Cl)[C@H](Cc1ccccc1)C(=O)NC(C)C)S(=O)(=O)c1ccc(C)cc1. The van der Waals surface area contributed by atoms with Gasteiger partial charge >= 0.3 is 0 Å². The van der Waals surface area contributed by atoms with Gasteiger partial charge in [-0.2, -0.15) is 0 Å². The van der Waals surface area contributed by atoms with Gasteiger partial charge in [0.2, 0.25) is 11.8 Å². The van der Waals surface area contributed by atoms with Crippen LogP contribution in [0.3, 0.4) is 0 Å². The van der Waals surface area contributed by atoms with E-state index in [0.29, 0.717) is 15.6 Å². The van der Waals surface area contributed by atoms with E-state index in [-0.39, 0.29) is 40.4 Å². The number of amides is 2. The first-order valence-electron chi connectivity index (χ1n) is 14.8. The van der Waals surface area contributed by atoms with Gasteiger partial charge in [0.05, 0.1) is 17.7 Å². The molecule has 4 aromatic carbocycles. The Bertz CT molecular complexity index is 1820. The highest BCUT2D eigenvalue weighted by atomic mass is 35.5. The third-order valence-corrected chi connectivity index (χ3v) is 9.95. The minimum absolute atomic E-state index is 0.0383. The van der Waals surface area contributed by atoms with Gasteiger partial charge in [-0.3, -0.25) is 13.9 Å². The zero-order chi connectivity index (χ0) is 34.3. The lowest BCUT2D eigenvalue weighted by molar-refractivity contribution is -0.140. The van der Waals surface area contributed by atoms with Gasteiger partial charge in [0.25, 0.3) is 10.0 Å². The molecule has 1 atom stereocenters. The van der Waals surface area contributed by atoms with Crippen molar-refractivity contribution in [3.8, 4) is 5.75 Å². The number of sulfonamides is 1. The van der Waals surface area contributed by atoms with Crippen LogP contribution in [0, 0.1) is 6.92 Å². The quantitative estimate of drug-likeness (QED) is 0.157. The highest BCUT2D eigenvalue weighted by Crippen LogP contribution is 2.35. The van der Waals surface area contributed by atoms with Crippen molar-refractivity contribution in [2.24, 2.45) is 0 Å². The van der Waals surface area contributed by atoms with Crippen LogP contribution in [0.25, 0.3) is 0 Å². The van der Waals surface area contributed by atoms with Crippen LogP contribution in [-0.2, 0) is 32.6 Å². The third-order valence-electron chi connectivity index (χ3n) is 7.36. The monoisotopic (exact) mass is 715 g/mol. The van der Waals surface area contributed by atoms with Crippen LogP contribution in [0.5, 0.6) is 5.75 Å². The van der Waals surface area contributed by atoms with Gasteiger partial charge in [0.1, 0.15) is 18.3 Å². The van der Waals surface area contributed by atoms with Crippen molar-refractivity contribution in [2.45, 2.75) is 50.7 Å². The maximum atomic E-state index is 14.6. The van der Waals surface area contributed by atoms with Crippen molar-refractivity contribution in [1.82, 2.24) is 10.2 Å². The number of nitrogens with zero attached hydrogens (tertiary/aromatic N) is 2. The summed E-state index contributed by atoms with van der Waals surface area (Å²) in [5.41, 5.74) is 2.24. The maximum Gasteiger partial charge on any atom is 0.264 e. The second-order valence-electron chi connectivity index (χ2n) is 11.3. The van der Waals surface area contributed by atoms with Gasteiger partial charge in [-0.05, 0) is 74.4 Å². The van der Waals surface area contributed by atoms with Crippen molar-refractivity contribution in [1.29, 1.82) is 0 Å². The smallest absolute Gasteiger partial charge is 0.264 e. The van der Waals surface area contributed by atoms with E-state index in [4.69, 9.17) is 39.5 Å². The molecular formula is C35H36Cl3N3O5S. The largest absolute Gasteiger partial charge is 0.495 e. The molecule has 0 spiro atoms. The summed E-state index contributed by atoms with van der Waals surface area (Å²) in [4.78, 5) is 29.8. The van der Waals surface area contributed by atoms with E-state index in [0.717, 1.165) is 15.4 Å². The van der Waals surface area contributed by atoms with Crippen LogP contribution in [0.1, 0.15) is 30.5 Å². The molecular weight excluding hydrogens is 681 g/mol. The number of carbonyl (C=O) groups is 2. The van der Waals surface area contributed by atoms with Crippen molar-refractivity contribution in [3.63, 3.8) is 0 Å². The van der Waals surface area contributed by atoms with Gasteiger partial charge in [-0.25, -0.2) is 8.42 Å². The number of ether oxygens (including phenoxy) is 1. The molecule has 248 valence electrons. The lowest BCUT2D eigenvalue weighted by atomic mass is 10.0. The molecule has 47 heavy (non-hydrogen) atoms. The highest BCUT2D eigenvalue weighted by Gasteiger charge is 2.36. The van der Waals surface area contributed by atoms with E-state index in [1.165, 1.54) is 36.3 Å². The van der Waals surface area contributed by atoms with Gasteiger partial charge in [-0.15, -0.1) is 0 Å². The molecule has 0 unspecified atom stereocenters. The molecule has 0 aliphatic heterocycles. The van der Waals surface area contributed by atoms with Gasteiger partial charge < -0.3 is 15.0 Å². The molecule has 0 aliphatic carbocycles. The van der Waals surface area contributed by atoms with Crippen LogP contribution < -0.4 is 14.4 Å². The zero-order valence-electron chi connectivity index (χ0n) is 26.4. The van der Waals surface area contributed by atoms with E-state index in [1.807, 2.05) is 51.1 Å². The fourth-order valence-corrected chi connectivity index (χ4v) is 7.03. The molecule has 8 nitrogen and oxygen atoms in total. The fourth-order valence-electron chi connectivity index (χ4n) is 4.98. The number of aryl methyl sites for hydroxylation is 1. The maximum absolute atomic E-state index is 14.6. The van der Waals surface area contributed by atoms with Crippen LogP contribution in [0.4, 0.5) is 5.69 Å². The molecule has 0 bridgehead atoms. The molecule has 1 N–H and O–H groups in total.